The minimum atomic E-state index is -0.306. The van der Waals surface area contributed by atoms with Crippen LogP contribution in [0.5, 0.6) is 0 Å². The molecule has 0 radical (unpaired) electrons. The molecule has 6 heteroatoms. The molecule has 1 aromatic heterocycles. The molecule has 0 fully saturated rings. The van der Waals surface area contributed by atoms with Crippen LogP contribution in [0.3, 0.4) is 0 Å². The summed E-state index contributed by atoms with van der Waals surface area (Å²) in [6.07, 6.45) is 3.86. The topological polar surface area (TPSA) is 45.2 Å². The highest BCUT2D eigenvalue weighted by Gasteiger charge is 2.12. The molecule has 0 spiro atoms. The fraction of sp³-hybridized carbons (Fsp3) is 0.294. The van der Waals surface area contributed by atoms with Gasteiger partial charge in [-0.1, -0.05) is 36.5 Å². The molecule has 0 aliphatic rings. The van der Waals surface area contributed by atoms with Gasteiger partial charge < -0.3 is 10.2 Å². The van der Waals surface area contributed by atoms with Crippen LogP contribution in [0.25, 0.3) is 0 Å². The van der Waals surface area contributed by atoms with E-state index < -0.39 is 0 Å². The summed E-state index contributed by atoms with van der Waals surface area (Å²) in [4.78, 5) is 18.6. The molecule has 1 amide bonds. The SMILES string of the molecule is CCCCN(C)c1ccnc(C(=O)Nc2ccc(Cl)cc2Cl)c1. The number of rotatable bonds is 6. The van der Waals surface area contributed by atoms with Crippen molar-refractivity contribution in [2.75, 3.05) is 23.8 Å². The van der Waals surface area contributed by atoms with Crippen molar-refractivity contribution in [3.05, 3.63) is 52.3 Å². The Labute approximate surface area is 146 Å². The molecule has 0 bridgehead atoms. The Morgan fingerprint density at radius 3 is 2.74 bits per heavy atom. The molecule has 4 nitrogen and oxygen atoms in total. The lowest BCUT2D eigenvalue weighted by atomic mass is 10.2. The number of carbonyl (C=O) groups is 1. The van der Waals surface area contributed by atoms with Gasteiger partial charge in [0.25, 0.3) is 5.91 Å². The summed E-state index contributed by atoms with van der Waals surface area (Å²) in [7, 11) is 2.00. The van der Waals surface area contributed by atoms with Crippen LogP contribution in [0.2, 0.25) is 10.0 Å². The van der Waals surface area contributed by atoms with E-state index in [9.17, 15) is 4.79 Å². The molecule has 0 aliphatic heterocycles. The number of amides is 1. The van der Waals surface area contributed by atoms with E-state index in [4.69, 9.17) is 23.2 Å². The quantitative estimate of drug-likeness (QED) is 0.806. The van der Waals surface area contributed by atoms with Crippen LogP contribution in [0.15, 0.2) is 36.5 Å². The van der Waals surface area contributed by atoms with E-state index in [1.165, 1.54) is 0 Å². The van der Waals surface area contributed by atoms with E-state index in [1.807, 2.05) is 13.1 Å². The molecular formula is C17H19Cl2N3O. The van der Waals surface area contributed by atoms with Gasteiger partial charge in [-0.25, -0.2) is 0 Å². The number of unbranched alkanes of at least 4 members (excludes halogenated alkanes) is 1. The predicted octanol–water partition coefficient (Wildman–Crippen LogP) is 4.88. The average molecular weight is 352 g/mol. The van der Waals surface area contributed by atoms with Gasteiger partial charge in [0.2, 0.25) is 0 Å². The number of nitrogens with zero attached hydrogens (tertiary/aromatic N) is 2. The molecule has 0 unspecified atom stereocenters. The van der Waals surface area contributed by atoms with E-state index in [-0.39, 0.29) is 5.91 Å². The highest BCUT2D eigenvalue weighted by molar-refractivity contribution is 6.36. The number of hydrogen-bond acceptors (Lipinski definition) is 3. The Kier molecular flexibility index (Phi) is 6.25. The standard InChI is InChI=1S/C17H19Cl2N3O/c1-3-4-9-22(2)13-7-8-20-16(11-13)17(23)21-15-6-5-12(18)10-14(15)19/h5-8,10-11H,3-4,9H2,1-2H3,(H,21,23). The molecule has 0 atom stereocenters. The van der Waals surface area contributed by atoms with Gasteiger partial charge in [0.1, 0.15) is 5.69 Å². The van der Waals surface area contributed by atoms with Crippen molar-refractivity contribution in [3.63, 3.8) is 0 Å². The number of carbonyl (C=O) groups excluding carboxylic acids is 1. The monoisotopic (exact) mass is 351 g/mol. The lowest BCUT2D eigenvalue weighted by Gasteiger charge is -2.19. The Hall–Kier alpha value is -1.78. The van der Waals surface area contributed by atoms with Crippen LogP contribution in [0, 0.1) is 0 Å². The van der Waals surface area contributed by atoms with Gasteiger partial charge in [0, 0.05) is 30.5 Å². The molecule has 0 saturated heterocycles. The van der Waals surface area contributed by atoms with Gasteiger partial charge in [0.15, 0.2) is 0 Å². The van der Waals surface area contributed by atoms with Crippen LogP contribution in [0.1, 0.15) is 30.3 Å². The maximum absolute atomic E-state index is 12.4. The van der Waals surface area contributed by atoms with Crippen molar-refractivity contribution in [1.29, 1.82) is 0 Å². The predicted molar refractivity (Wildman–Crippen MR) is 96.8 cm³/mol. The second-order valence-electron chi connectivity index (χ2n) is 5.25. The third kappa shape index (κ3) is 4.85. The molecule has 1 aromatic carbocycles. The van der Waals surface area contributed by atoms with Gasteiger partial charge in [-0.15, -0.1) is 0 Å². The number of anilines is 2. The van der Waals surface area contributed by atoms with Crippen LogP contribution >= 0.6 is 23.2 Å². The third-order valence-corrected chi connectivity index (χ3v) is 3.99. The number of nitrogens with one attached hydrogen (secondary N) is 1. The molecule has 23 heavy (non-hydrogen) atoms. The first-order valence-corrected chi connectivity index (χ1v) is 8.20. The number of halogens is 2. The van der Waals surface area contributed by atoms with Crippen LogP contribution < -0.4 is 10.2 Å². The zero-order valence-electron chi connectivity index (χ0n) is 13.1. The van der Waals surface area contributed by atoms with Gasteiger partial charge >= 0.3 is 0 Å². The lowest BCUT2D eigenvalue weighted by molar-refractivity contribution is 0.102. The van der Waals surface area contributed by atoms with Gasteiger partial charge in [-0.05, 0) is 36.8 Å². The molecule has 2 rings (SSSR count). The highest BCUT2D eigenvalue weighted by Crippen LogP contribution is 2.26. The third-order valence-electron chi connectivity index (χ3n) is 3.44. The van der Waals surface area contributed by atoms with E-state index in [2.05, 4.69) is 22.1 Å². The van der Waals surface area contributed by atoms with Crippen LogP contribution in [-0.4, -0.2) is 24.5 Å². The maximum Gasteiger partial charge on any atom is 0.274 e. The fourth-order valence-electron chi connectivity index (χ4n) is 2.08. The Morgan fingerprint density at radius 1 is 1.26 bits per heavy atom. The van der Waals surface area contributed by atoms with E-state index in [0.29, 0.717) is 21.4 Å². The molecule has 2 aromatic rings. The number of aromatic nitrogens is 1. The van der Waals surface area contributed by atoms with Gasteiger partial charge in [-0.3, -0.25) is 9.78 Å². The summed E-state index contributed by atoms with van der Waals surface area (Å²) in [6.45, 7) is 3.08. The number of pyridine rings is 1. The van der Waals surface area contributed by atoms with Crippen molar-refractivity contribution < 1.29 is 4.79 Å². The average Bonchev–Trinajstić information content (AvgIpc) is 2.55. The largest absolute Gasteiger partial charge is 0.374 e. The second kappa shape index (κ2) is 8.18. The fourth-order valence-corrected chi connectivity index (χ4v) is 2.54. The van der Waals surface area contributed by atoms with Crippen molar-refractivity contribution in [1.82, 2.24) is 4.98 Å². The summed E-state index contributed by atoms with van der Waals surface area (Å²) >= 11 is 11.9. The lowest BCUT2D eigenvalue weighted by Crippen LogP contribution is -2.20. The smallest absolute Gasteiger partial charge is 0.274 e. The first-order chi connectivity index (χ1) is 11.0. The zero-order valence-corrected chi connectivity index (χ0v) is 14.7. The summed E-state index contributed by atoms with van der Waals surface area (Å²) in [5, 5.41) is 3.66. The van der Waals surface area contributed by atoms with E-state index in [0.717, 1.165) is 25.1 Å². The van der Waals surface area contributed by atoms with Crippen molar-refractivity contribution in [3.8, 4) is 0 Å². The summed E-state index contributed by atoms with van der Waals surface area (Å²) in [5.41, 5.74) is 1.81. The number of benzene rings is 1. The van der Waals surface area contributed by atoms with Gasteiger partial charge in [-0.2, -0.15) is 0 Å². The molecule has 1 heterocycles. The highest BCUT2D eigenvalue weighted by atomic mass is 35.5. The second-order valence-corrected chi connectivity index (χ2v) is 6.10. The minimum Gasteiger partial charge on any atom is -0.374 e. The molecule has 122 valence electrons. The van der Waals surface area contributed by atoms with Crippen LogP contribution in [0.4, 0.5) is 11.4 Å². The van der Waals surface area contributed by atoms with Crippen molar-refractivity contribution in [2.24, 2.45) is 0 Å². The summed E-state index contributed by atoms with van der Waals surface area (Å²) in [6, 6.07) is 8.59. The maximum atomic E-state index is 12.4. The van der Waals surface area contributed by atoms with Gasteiger partial charge in [0.05, 0.1) is 10.7 Å². The molecule has 1 N–H and O–H groups in total. The molecular weight excluding hydrogens is 333 g/mol. The first kappa shape index (κ1) is 17.6. The Balaban J connectivity index is 2.13. The van der Waals surface area contributed by atoms with Crippen molar-refractivity contribution in [2.45, 2.75) is 19.8 Å². The summed E-state index contributed by atoms with van der Waals surface area (Å²) < 4.78 is 0. The first-order valence-electron chi connectivity index (χ1n) is 7.45. The zero-order chi connectivity index (χ0) is 16.8. The Bertz CT molecular complexity index is 691. The molecule has 0 saturated carbocycles. The van der Waals surface area contributed by atoms with Crippen LogP contribution in [-0.2, 0) is 0 Å². The van der Waals surface area contributed by atoms with Crippen molar-refractivity contribution >= 4 is 40.5 Å². The van der Waals surface area contributed by atoms with E-state index in [1.54, 1.807) is 30.5 Å². The Morgan fingerprint density at radius 2 is 2.04 bits per heavy atom. The summed E-state index contributed by atoms with van der Waals surface area (Å²) in [5.74, 6) is -0.306. The minimum absolute atomic E-state index is 0.306. The molecule has 0 aliphatic carbocycles. The number of hydrogen-bond donors (Lipinski definition) is 1. The normalized spacial score (nSPS) is 10.4. The van der Waals surface area contributed by atoms with E-state index >= 15 is 0 Å².